The molecule has 1 aliphatic rings. The van der Waals surface area contributed by atoms with Crippen molar-refractivity contribution in [2.45, 2.75) is 51.7 Å². The minimum atomic E-state index is -0.127. The molecule has 0 saturated heterocycles. The first kappa shape index (κ1) is 17.3. The lowest BCUT2D eigenvalue weighted by atomic mass is 9.92. The maximum absolute atomic E-state index is 11.8. The van der Waals surface area contributed by atoms with Gasteiger partial charge in [0, 0.05) is 23.0 Å². The Morgan fingerprint density at radius 2 is 1.96 bits per heavy atom. The molecule has 2 aromatic rings. The molecule has 0 bridgehead atoms. The zero-order valence-corrected chi connectivity index (χ0v) is 15.0. The highest BCUT2D eigenvalue weighted by atomic mass is 35.5. The molecule has 0 radical (unpaired) electrons. The number of aromatic nitrogens is 1. The standard InChI is InChI=1S/C19H25ClN2O2/c1-12(2)11-22-13-3-5-14(6-4-13)24-17-8-7-16-15(18(17)20)9-10-21-19(16)23/h7-10,12-14,22H,3-6,11H2,1-2H3,(H,21,23)/t13-,14+. The Morgan fingerprint density at radius 1 is 1.21 bits per heavy atom. The number of halogens is 1. The van der Waals surface area contributed by atoms with Crippen LogP contribution in [0.2, 0.25) is 5.02 Å². The molecule has 0 atom stereocenters. The van der Waals surface area contributed by atoms with Gasteiger partial charge in [-0.1, -0.05) is 25.4 Å². The molecule has 130 valence electrons. The Labute approximate surface area is 147 Å². The molecular weight excluding hydrogens is 324 g/mol. The van der Waals surface area contributed by atoms with Gasteiger partial charge in [-0.05, 0) is 56.3 Å². The van der Waals surface area contributed by atoms with Gasteiger partial charge in [0.05, 0.1) is 11.1 Å². The third-order valence-corrected chi connectivity index (χ3v) is 5.03. The van der Waals surface area contributed by atoms with E-state index in [9.17, 15) is 4.79 Å². The van der Waals surface area contributed by atoms with E-state index in [1.54, 1.807) is 12.3 Å². The van der Waals surface area contributed by atoms with Crippen LogP contribution in [0.15, 0.2) is 29.2 Å². The van der Waals surface area contributed by atoms with Gasteiger partial charge in [0.2, 0.25) is 0 Å². The first-order valence-electron chi connectivity index (χ1n) is 8.74. The van der Waals surface area contributed by atoms with E-state index in [2.05, 4.69) is 24.1 Å². The van der Waals surface area contributed by atoms with Crippen molar-refractivity contribution >= 4 is 22.4 Å². The van der Waals surface area contributed by atoms with Gasteiger partial charge in [-0.15, -0.1) is 0 Å². The fourth-order valence-corrected chi connectivity index (χ4v) is 3.54. The van der Waals surface area contributed by atoms with Crippen molar-refractivity contribution in [1.29, 1.82) is 0 Å². The third-order valence-electron chi connectivity index (χ3n) is 4.64. The van der Waals surface area contributed by atoms with Crippen LogP contribution in [0, 0.1) is 5.92 Å². The number of hydrogen-bond acceptors (Lipinski definition) is 3. The smallest absolute Gasteiger partial charge is 0.255 e. The second kappa shape index (κ2) is 7.58. The van der Waals surface area contributed by atoms with Crippen molar-refractivity contribution in [2.75, 3.05) is 6.54 Å². The second-order valence-electron chi connectivity index (χ2n) is 7.04. The van der Waals surface area contributed by atoms with Gasteiger partial charge in [-0.3, -0.25) is 4.79 Å². The Balaban J connectivity index is 1.64. The van der Waals surface area contributed by atoms with Crippen LogP contribution >= 0.6 is 11.6 Å². The summed E-state index contributed by atoms with van der Waals surface area (Å²) in [4.78, 5) is 14.5. The summed E-state index contributed by atoms with van der Waals surface area (Å²) >= 11 is 6.46. The molecule has 1 saturated carbocycles. The first-order chi connectivity index (χ1) is 11.5. The molecule has 0 aliphatic heterocycles. The quantitative estimate of drug-likeness (QED) is 0.854. The molecule has 0 unspecified atom stereocenters. The third kappa shape index (κ3) is 3.93. The minimum absolute atomic E-state index is 0.127. The monoisotopic (exact) mass is 348 g/mol. The minimum Gasteiger partial charge on any atom is -0.489 e. The van der Waals surface area contributed by atoms with E-state index in [0.717, 1.165) is 37.6 Å². The molecule has 5 heteroatoms. The van der Waals surface area contributed by atoms with Gasteiger partial charge in [-0.25, -0.2) is 0 Å². The zero-order valence-electron chi connectivity index (χ0n) is 14.3. The molecule has 1 aliphatic carbocycles. The number of fused-ring (bicyclic) bond motifs is 1. The van der Waals surface area contributed by atoms with E-state index in [1.807, 2.05) is 12.1 Å². The maximum atomic E-state index is 11.8. The van der Waals surface area contributed by atoms with Crippen molar-refractivity contribution in [2.24, 2.45) is 5.92 Å². The maximum Gasteiger partial charge on any atom is 0.255 e. The molecular formula is C19H25ClN2O2. The Bertz CT molecular complexity index is 749. The van der Waals surface area contributed by atoms with E-state index in [-0.39, 0.29) is 11.7 Å². The van der Waals surface area contributed by atoms with Crippen LogP contribution in [0.5, 0.6) is 5.75 Å². The lowest BCUT2D eigenvalue weighted by molar-refractivity contribution is 0.139. The summed E-state index contributed by atoms with van der Waals surface area (Å²) in [6.07, 6.45) is 6.12. The van der Waals surface area contributed by atoms with Crippen LogP contribution in [0.1, 0.15) is 39.5 Å². The summed E-state index contributed by atoms with van der Waals surface area (Å²) in [5.74, 6) is 1.35. The lowest BCUT2D eigenvalue weighted by Crippen LogP contribution is -2.37. The molecule has 0 amide bonds. The number of ether oxygens (including phenoxy) is 1. The van der Waals surface area contributed by atoms with E-state index < -0.39 is 0 Å². The highest BCUT2D eigenvalue weighted by Crippen LogP contribution is 2.34. The molecule has 1 fully saturated rings. The molecule has 4 nitrogen and oxygen atoms in total. The summed E-state index contributed by atoms with van der Waals surface area (Å²) in [5, 5.41) is 5.49. The van der Waals surface area contributed by atoms with Crippen LogP contribution in [0.4, 0.5) is 0 Å². The highest BCUT2D eigenvalue weighted by molar-refractivity contribution is 6.37. The molecule has 0 spiro atoms. The number of benzene rings is 1. The number of rotatable bonds is 5. The van der Waals surface area contributed by atoms with Crippen molar-refractivity contribution in [3.05, 3.63) is 39.8 Å². The van der Waals surface area contributed by atoms with Crippen LogP contribution < -0.4 is 15.6 Å². The van der Waals surface area contributed by atoms with Crippen molar-refractivity contribution < 1.29 is 4.74 Å². The topological polar surface area (TPSA) is 54.1 Å². The van der Waals surface area contributed by atoms with Crippen LogP contribution in [0.3, 0.4) is 0 Å². The summed E-state index contributed by atoms with van der Waals surface area (Å²) in [6.45, 7) is 5.53. The highest BCUT2D eigenvalue weighted by Gasteiger charge is 2.23. The van der Waals surface area contributed by atoms with Gasteiger partial charge >= 0.3 is 0 Å². The number of hydrogen-bond donors (Lipinski definition) is 2. The number of pyridine rings is 1. The molecule has 1 aromatic carbocycles. The van der Waals surface area contributed by atoms with E-state index >= 15 is 0 Å². The van der Waals surface area contributed by atoms with Gasteiger partial charge in [0.25, 0.3) is 5.56 Å². The van der Waals surface area contributed by atoms with Crippen LogP contribution in [-0.4, -0.2) is 23.7 Å². The Morgan fingerprint density at radius 3 is 2.67 bits per heavy atom. The SMILES string of the molecule is CC(C)CN[C@H]1CC[C@@H](Oc2ccc3c(=O)[nH]ccc3c2Cl)CC1. The first-order valence-corrected chi connectivity index (χ1v) is 9.12. The number of H-pyrrole nitrogens is 1. The largest absolute Gasteiger partial charge is 0.489 e. The molecule has 2 N–H and O–H groups in total. The Kier molecular flexibility index (Phi) is 5.47. The van der Waals surface area contributed by atoms with Gasteiger partial charge in [0.1, 0.15) is 5.75 Å². The average molecular weight is 349 g/mol. The second-order valence-corrected chi connectivity index (χ2v) is 7.42. The predicted octanol–water partition coefficient (Wildman–Crippen LogP) is 4.12. The number of aromatic amines is 1. The average Bonchev–Trinajstić information content (AvgIpc) is 2.57. The molecule has 1 aromatic heterocycles. The zero-order chi connectivity index (χ0) is 17.1. The lowest BCUT2D eigenvalue weighted by Gasteiger charge is -2.30. The fourth-order valence-electron chi connectivity index (χ4n) is 3.27. The van der Waals surface area contributed by atoms with Crippen LogP contribution in [0.25, 0.3) is 10.8 Å². The summed E-state index contributed by atoms with van der Waals surface area (Å²) in [6, 6.07) is 6.00. The summed E-state index contributed by atoms with van der Waals surface area (Å²) in [7, 11) is 0. The summed E-state index contributed by atoms with van der Waals surface area (Å²) < 4.78 is 6.14. The molecule has 3 rings (SSSR count). The predicted molar refractivity (Wildman–Crippen MR) is 99.1 cm³/mol. The van der Waals surface area contributed by atoms with Crippen molar-refractivity contribution in [1.82, 2.24) is 10.3 Å². The molecule has 24 heavy (non-hydrogen) atoms. The Hall–Kier alpha value is -1.52. The van der Waals surface area contributed by atoms with E-state index in [1.165, 1.54) is 0 Å². The fraction of sp³-hybridized carbons (Fsp3) is 0.526. The van der Waals surface area contributed by atoms with Gasteiger partial charge < -0.3 is 15.0 Å². The number of nitrogens with one attached hydrogen (secondary N) is 2. The van der Waals surface area contributed by atoms with Crippen LogP contribution in [-0.2, 0) is 0 Å². The summed E-state index contributed by atoms with van der Waals surface area (Å²) in [5.41, 5.74) is -0.127. The van der Waals surface area contributed by atoms with E-state index in [0.29, 0.717) is 28.1 Å². The molecule has 1 heterocycles. The van der Waals surface area contributed by atoms with Gasteiger partial charge in [-0.2, -0.15) is 0 Å². The normalized spacial score (nSPS) is 21.3. The van der Waals surface area contributed by atoms with E-state index in [4.69, 9.17) is 16.3 Å². The van der Waals surface area contributed by atoms with Gasteiger partial charge in [0.15, 0.2) is 0 Å². The van der Waals surface area contributed by atoms with Crippen molar-refractivity contribution in [3.8, 4) is 5.75 Å². The van der Waals surface area contributed by atoms with Crippen molar-refractivity contribution in [3.63, 3.8) is 0 Å².